The number of ether oxygens (including phenoxy) is 1. The molecule has 0 heterocycles. The van der Waals surface area contributed by atoms with Crippen molar-refractivity contribution in [2.75, 3.05) is 20.7 Å². The molecule has 0 aliphatic heterocycles. The molecule has 110 valence electrons. The molecule has 1 amide bonds. The zero-order chi connectivity index (χ0) is 14.5. The number of nitrogens with zero attached hydrogens (tertiary/aromatic N) is 1. The highest BCUT2D eigenvalue weighted by atomic mass is 19.1. The second kappa shape index (κ2) is 6.70. The van der Waals surface area contributed by atoms with Crippen LogP contribution >= 0.6 is 0 Å². The van der Waals surface area contributed by atoms with Crippen LogP contribution in [0.4, 0.5) is 4.39 Å². The van der Waals surface area contributed by atoms with Crippen molar-refractivity contribution in [2.45, 2.75) is 31.8 Å². The van der Waals surface area contributed by atoms with Gasteiger partial charge < -0.3 is 15.0 Å². The van der Waals surface area contributed by atoms with E-state index in [9.17, 15) is 9.18 Å². The highest BCUT2D eigenvalue weighted by molar-refractivity contribution is 5.75. The van der Waals surface area contributed by atoms with Crippen LogP contribution in [0.25, 0.3) is 0 Å². The van der Waals surface area contributed by atoms with Gasteiger partial charge in [0.05, 0.1) is 13.0 Å². The second-order valence-electron chi connectivity index (χ2n) is 5.29. The Morgan fingerprint density at radius 2 is 2.20 bits per heavy atom. The number of carbonyl (C=O) groups excluding carboxylic acids is 1. The Hall–Kier alpha value is -1.62. The lowest BCUT2D eigenvalue weighted by Crippen LogP contribution is -2.23. The molecule has 1 aromatic rings. The molecule has 1 fully saturated rings. The lowest BCUT2D eigenvalue weighted by Gasteiger charge is -2.14. The fourth-order valence-corrected chi connectivity index (χ4v) is 1.84. The largest absolute Gasteiger partial charge is 0.493 e. The molecule has 0 saturated heterocycles. The van der Waals surface area contributed by atoms with Gasteiger partial charge in [-0.05, 0) is 31.0 Å². The smallest absolute Gasteiger partial charge is 0.225 e. The molecule has 0 spiro atoms. The van der Waals surface area contributed by atoms with Gasteiger partial charge in [0.1, 0.15) is 11.6 Å². The lowest BCUT2D eigenvalue weighted by atomic mass is 10.2. The van der Waals surface area contributed by atoms with Crippen molar-refractivity contribution in [3.8, 4) is 5.75 Å². The predicted molar refractivity (Wildman–Crippen MR) is 75.1 cm³/mol. The molecule has 4 nitrogen and oxygen atoms in total. The minimum atomic E-state index is -0.269. The minimum Gasteiger partial charge on any atom is -0.493 e. The zero-order valence-corrected chi connectivity index (χ0v) is 12.0. The van der Waals surface area contributed by atoms with E-state index < -0.39 is 0 Å². The van der Waals surface area contributed by atoms with Gasteiger partial charge in [-0.25, -0.2) is 4.39 Å². The zero-order valence-electron chi connectivity index (χ0n) is 12.0. The Bertz CT molecular complexity index is 473. The van der Waals surface area contributed by atoms with Gasteiger partial charge in [-0.3, -0.25) is 4.79 Å². The van der Waals surface area contributed by atoms with Gasteiger partial charge in [-0.1, -0.05) is 0 Å². The topological polar surface area (TPSA) is 41.6 Å². The summed E-state index contributed by atoms with van der Waals surface area (Å²) in [4.78, 5) is 13.0. The molecular formula is C15H21FN2O2. The molecule has 0 atom stereocenters. The van der Waals surface area contributed by atoms with Crippen LogP contribution in [0.15, 0.2) is 18.2 Å². The highest BCUT2D eigenvalue weighted by Crippen LogP contribution is 2.23. The molecule has 1 aliphatic carbocycles. The third-order valence-electron chi connectivity index (χ3n) is 3.25. The lowest BCUT2D eigenvalue weighted by molar-refractivity contribution is -0.129. The van der Waals surface area contributed by atoms with E-state index in [2.05, 4.69) is 5.32 Å². The van der Waals surface area contributed by atoms with Crippen LogP contribution in [-0.4, -0.2) is 37.6 Å². The third kappa shape index (κ3) is 4.49. The molecule has 1 aromatic carbocycles. The third-order valence-corrected chi connectivity index (χ3v) is 3.25. The Morgan fingerprint density at radius 3 is 2.85 bits per heavy atom. The number of rotatable bonds is 7. The Balaban J connectivity index is 1.89. The van der Waals surface area contributed by atoms with Crippen molar-refractivity contribution in [2.24, 2.45) is 0 Å². The van der Waals surface area contributed by atoms with E-state index in [1.54, 1.807) is 20.2 Å². The molecular weight excluding hydrogens is 259 g/mol. The van der Waals surface area contributed by atoms with Crippen LogP contribution in [0.5, 0.6) is 5.75 Å². The van der Waals surface area contributed by atoms with Gasteiger partial charge >= 0.3 is 0 Å². The van der Waals surface area contributed by atoms with Gasteiger partial charge in [-0.2, -0.15) is 0 Å². The van der Waals surface area contributed by atoms with E-state index in [4.69, 9.17) is 4.74 Å². The fourth-order valence-electron chi connectivity index (χ4n) is 1.84. The molecule has 1 aliphatic rings. The van der Waals surface area contributed by atoms with Gasteiger partial charge in [0.15, 0.2) is 0 Å². The summed E-state index contributed by atoms with van der Waals surface area (Å²) in [6, 6.07) is 5.04. The summed E-state index contributed by atoms with van der Waals surface area (Å²) in [5.41, 5.74) is 0.800. The molecule has 0 bridgehead atoms. The molecule has 0 unspecified atom stereocenters. The summed E-state index contributed by atoms with van der Waals surface area (Å²) >= 11 is 0. The van der Waals surface area contributed by atoms with Gasteiger partial charge in [0.2, 0.25) is 5.91 Å². The van der Waals surface area contributed by atoms with E-state index in [0.717, 1.165) is 5.56 Å². The van der Waals surface area contributed by atoms with Crippen molar-refractivity contribution in [1.82, 2.24) is 10.2 Å². The SMILES string of the molecule is CN(C)C(=O)CCOc1ccc(F)cc1CNC1CC1. The van der Waals surface area contributed by atoms with Crippen LogP contribution in [0.2, 0.25) is 0 Å². The van der Waals surface area contributed by atoms with Crippen molar-refractivity contribution in [3.05, 3.63) is 29.6 Å². The van der Waals surface area contributed by atoms with Crippen LogP contribution in [0, 0.1) is 5.82 Å². The summed E-state index contributed by atoms with van der Waals surface area (Å²) < 4.78 is 18.9. The number of halogens is 1. The maximum Gasteiger partial charge on any atom is 0.225 e. The van der Waals surface area contributed by atoms with Gasteiger partial charge in [0.25, 0.3) is 0 Å². The van der Waals surface area contributed by atoms with Gasteiger partial charge in [-0.15, -0.1) is 0 Å². The van der Waals surface area contributed by atoms with E-state index in [-0.39, 0.29) is 11.7 Å². The monoisotopic (exact) mass is 280 g/mol. The van der Waals surface area contributed by atoms with Crippen LogP contribution in [0.1, 0.15) is 24.8 Å². The van der Waals surface area contributed by atoms with Crippen LogP contribution in [-0.2, 0) is 11.3 Å². The van der Waals surface area contributed by atoms with E-state index in [0.29, 0.717) is 31.4 Å². The molecule has 20 heavy (non-hydrogen) atoms. The first-order chi connectivity index (χ1) is 9.56. The summed E-state index contributed by atoms with van der Waals surface area (Å²) in [7, 11) is 3.43. The van der Waals surface area contributed by atoms with Crippen LogP contribution in [0.3, 0.4) is 0 Å². The minimum absolute atomic E-state index is 0.0183. The number of nitrogens with one attached hydrogen (secondary N) is 1. The summed E-state index contributed by atoms with van der Waals surface area (Å²) in [5, 5.41) is 3.34. The molecule has 1 N–H and O–H groups in total. The molecule has 1 saturated carbocycles. The average Bonchev–Trinajstić information content (AvgIpc) is 3.22. The number of hydrogen-bond donors (Lipinski definition) is 1. The molecule has 5 heteroatoms. The van der Waals surface area contributed by atoms with Crippen molar-refractivity contribution < 1.29 is 13.9 Å². The van der Waals surface area contributed by atoms with Crippen LogP contribution < -0.4 is 10.1 Å². The Morgan fingerprint density at radius 1 is 1.45 bits per heavy atom. The van der Waals surface area contributed by atoms with E-state index in [1.807, 2.05) is 0 Å². The highest BCUT2D eigenvalue weighted by Gasteiger charge is 2.20. The number of carbonyl (C=O) groups is 1. The molecule has 0 radical (unpaired) electrons. The predicted octanol–water partition coefficient (Wildman–Crippen LogP) is 1.93. The maximum atomic E-state index is 13.3. The first kappa shape index (κ1) is 14.8. The number of benzene rings is 1. The molecule has 2 rings (SSSR count). The van der Waals surface area contributed by atoms with Crippen molar-refractivity contribution >= 4 is 5.91 Å². The standard InChI is InChI=1S/C15H21FN2O2/c1-18(2)15(19)7-8-20-14-6-3-12(16)9-11(14)10-17-13-4-5-13/h3,6,9,13,17H,4-5,7-8,10H2,1-2H3. The van der Waals surface area contributed by atoms with Crippen molar-refractivity contribution in [1.29, 1.82) is 0 Å². The maximum absolute atomic E-state index is 13.3. The van der Waals surface area contributed by atoms with E-state index in [1.165, 1.54) is 29.9 Å². The second-order valence-corrected chi connectivity index (χ2v) is 5.29. The average molecular weight is 280 g/mol. The van der Waals surface area contributed by atoms with E-state index >= 15 is 0 Å². The first-order valence-electron chi connectivity index (χ1n) is 6.91. The number of amides is 1. The summed E-state index contributed by atoms with van der Waals surface area (Å²) in [5.74, 6) is 0.394. The Kier molecular flexibility index (Phi) is 4.95. The fraction of sp³-hybridized carbons (Fsp3) is 0.533. The molecule has 0 aromatic heterocycles. The van der Waals surface area contributed by atoms with Gasteiger partial charge in [0, 0.05) is 32.2 Å². The quantitative estimate of drug-likeness (QED) is 0.830. The number of hydrogen-bond acceptors (Lipinski definition) is 3. The normalized spacial score (nSPS) is 14.2. The summed E-state index contributed by atoms with van der Waals surface area (Å²) in [6.45, 7) is 0.901. The summed E-state index contributed by atoms with van der Waals surface area (Å²) in [6.07, 6.45) is 2.69. The van der Waals surface area contributed by atoms with Crippen molar-refractivity contribution in [3.63, 3.8) is 0 Å². The first-order valence-corrected chi connectivity index (χ1v) is 6.91. The Labute approximate surface area is 118 Å².